The van der Waals surface area contributed by atoms with E-state index in [-0.39, 0.29) is 12.3 Å². The summed E-state index contributed by atoms with van der Waals surface area (Å²) in [4.78, 5) is 23.7. The molecule has 0 saturated heterocycles. The van der Waals surface area contributed by atoms with Gasteiger partial charge in [-0.1, -0.05) is 13.3 Å². The lowest BCUT2D eigenvalue weighted by atomic mass is 10.2. The molecule has 0 bridgehead atoms. The molecule has 0 fully saturated rings. The predicted molar refractivity (Wildman–Crippen MR) is 58.6 cm³/mol. The van der Waals surface area contributed by atoms with Crippen molar-refractivity contribution in [3.8, 4) is 0 Å². The highest BCUT2D eigenvalue weighted by Gasteiger charge is 2.10. The first kappa shape index (κ1) is 13.9. The molecule has 4 nitrogen and oxygen atoms in total. The van der Waals surface area contributed by atoms with Crippen LogP contribution >= 0.6 is 0 Å². The fraction of sp³-hybridized carbons (Fsp3) is 0.818. The van der Waals surface area contributed by atoms with Crippen molar-refractivity contribution in [3.05, 3.63) is 0 Å². The largest absolute Gasteiger partial charge is 0.481 e. The number of hydrogen-bond acceptors (Lipinski definition) is 2. The van der Waals surface area contributed by atoms with Crippen LogP contribution in [0.2, 0.25) is 0 Å². The van der Waals surface area contributed by atoms with E-state index in [2.05, 4.69) is 6.92 Å². The number of nitrogens with zero attached hydrogens (tertiary/aromatic N) is 1. The third kappa shape index (κ3) is 6.94. The molecule has 1 N–H and O–H groups in total. The summed E-state index contributed by atoms with van der Waals surface area (Å²) in [5.41, 5.74) is 0. The van der Waals surface area contributed by atoms with Crippen molar-refractivity contribution in [2.24, 2.45) is 0 Å². The van der Waals surface area contributed by atoms with Gasteiger partial charge in [0.1, 0.15) is 0 Å². The van der Waals surface area contributed by atoms with Crippen molar-refractivity contribution in [2.45, 2.75) is 46.0 Å². The number of carboxylic acid groups (broad SMARTS) is 1. The zero-order chi connectivity index (χ0) is 11.7. The fourth-order valence-electron chi connectivity index (χ4n) is 1.36. The minimum Gasteiger partial charge on any atom is -0.481 e. The lowest BCUT2D eigenvalue weighted by Gasteiger charge is -2.20. The van der Waals surface area contributed by atoms with Crippen molar-refractivity contribution < 1.29 is 14.7 Å². The molecule has 0 aromatic rings. The SMILES string of the molecule is CCCCN(CC)C(=O)CCCC(=O)O. The zero-order valence-electron chi connectivity index (χ0n) is 9.66. The van der Waals surface area contributed by atoms with Gasteiger partial charge in [0.15, 0.2) is 0 Å². The van der Waals surface area contributed by atoms with Gasteiger partial charge >= 0.3 is 5.97 Å². The molecule has 0 heterocycles. The maximum atomic E-state index is 11.6. The smallest absolute Gasteiger partial charge is 0.303 e. The van der Waals surface area contributed by atoms with Crippen LogP contribution in [0.4, 0.5) is 0 Å². The summed E-state index contributed by atoms with van der Waals surface area (Å²) >= 11 is 0. The second kappa shape index (κ2) is 8.26. The van der Waals surface area contributed by atoms with E-state index < -0.39 is 5.97 Å². The Labute approximate surface area is 91.3 Å². The van der Waals surface area contributed by atoms with E-state index in [1.165, 1.54) is 0 Å². The normalized spacial score (nSPS) is 10.0. The standard InChI is InChI=1S/C11H21NO3/c1-3-5-9-12(4-2)10(13)7-6-8-11(14)15/h3-9H2,1-2H3,(H,14,15). The van der Waals surface area contributed by atoms with Crippen LogP contribution < -0.4 is 0 Å². The van der Waals surface area contributed by atoms with Crippen molar-refractivity contribution in [2.75, 3.05) is 13.1 Å². The lowest BCUT2D eigenvalue weighted by Crippen LogP contribution is -2.31. The minimum atomic E-state index is -0.834. The Morgan fingerprint density at radius 1 is 1.13 bits per heavy atom. The van der Waals surface area contributed by atoms with Crippen LogP contribution in [0, 0.1) is 0 Å². The van der Waals surface area contributed by atoms with E-state index in [4.69, 9.17) is 5.11 Å². The van der Waals surface area contributed by atoms with Gasteiger partial charge in [-0.15, -0.1) is 0 Å². The molecular formula is C11H21NO3. The van der Waals surface area contributed by atoms with Crippen LogP contribution in [0.1, 0.15) is 46.0 Å². The molecule has 0 rings (SSSR count). The van der Waals surface area contributed by atoms with Gasteiger partial charge in [0.25, 0.3) is 0 Å². The molecule has 15 heavy (non-hydrogen) atoms. The predicted octanol–water partition coefficient (Wildman–Crippen LogP) is 1.89. The van der Waals surface area contributed by atoms with Crippen LogP contribution in [-0.4, -0.2) is 35.0 Å². The van der Waals surface area contributed by atoms with Gasteiger partial charge in [0.05, 0.1) is 0 Å². The molecule has 4 heteroatoms. The highest BCUT2D eigenvalue weighted by Crippen LogP contribution is 2.03. The van der Waals surface area contributed by atoms with Crippen LogP contribution in [0.3, 0.4) is 0 Å². The van der Waals surface area contributed by atoms with Crippen molar-refractivity contribution >= 4 is 11.9 Å². The molecule has 0 saturated carbocycles. The van der Waals surface area contributed by atoms with Gasteiger partial charge in [-0.2, -0.15) is 0 Å². The number of carbonyl (C=O) groups is 2. The number of rotatable bonds is 8. The van der Waals surface area contributed by atoms with Gasteiger partial charge in [0.2, 0.25) is 5.91 Å². The molecule has 0 aromatic carbocycles. The topological polar surface area (TPSA) is 57.6 Å². The van der Waals surface area contributed by atoms with Gasteiger partial charge in [-0.05, 0) is 19.8 Å². The molecule has 0 radical (unpaired) electrons. The number of aliphatic carboxylic acids is 1. The summed E-state index contributed by atoms with van der Waals surface area (Å²) in [5.74, 6) is -0.758. The number of carbonyl (C=O) groups excluding carboxylic acids is 1. The van der Waals surface area contributed by atoms with Crippen LogP contribution in [0.15, 0.2) is 0 Å². The first-order valence-corrected chi connectivity index (χ1v) is 5.61. The molecule has 1 amide bonds. The Balaban J connectivity index is 3.77. The van der Waals surface area contributed by atoms with E-state index >= 15 is 0 Å². The summed E-state index contributed by atoms with van der Waals surface area (Å²) < 4.78 is 0. The Bertz CT molecular complexity index is 204. The van der Waals surface area contributed by atoms with Crippen molar-refractivity contribution in [1.29, 1.82) is 0 Å². The van der Waals surface area contributed by atoms with Gasteiger partial charge in [-0.3, -0.25) is 9.59 Å². The summed E-state index contributed by atoms with van der Waals surface area (Å²) in [6.07, 6.45) is 2.95. The quantitative estimate of drug-likeness (QED) is 0.672. The van der Waals surface area contributed by atoms with E-state index in [9.17, 15) is 9.59 Å². The van der Waals surface area contributed by atoms with Gasteiger partial charge in [-0.25, -0.2) is 0 Å². The molecule has 0 aliphatic heterocycles. The molecule has 0 spiro atoms. The van der Waals surface area contributed by atoms with E-state index in [1.54, 1.807) is 4.90 Å². The minimum absolute atomic E-state index is 0.0761. The monoisotopic (exact) mass is 215 g/mol. The average Bonchev–Trinajstić information content (AvgIpc) is 2.18. The maximum Gasteiger partial charge on any atom is 0.303 e. The van der Waals surface area contributed by atoms with Crippen LogP contribution in [0.25, 0.3) is 0 Å². The molecule has 0 aromatic heterocycles. The second-order valence-corrected chi connectivity index (χ2v) is 3.57. The third-order valence-corrected chi connectivity index (χ3v) is 2.30. The maximum absolute atomic E-state index is 11.6. The summed E-state index contributed by atoms with van der Waals surface area (Å²) in [6, 6.07) is 0. The Morgan fingerprint density at radius 2 is 1.80 bits per heavy atom. The van der Waals surface area contributed by atoms with Gasteiger partial charge < -0.3 is 10.0 Å². The van der Waals surface area contributed by atoms with Crippen LogP contribution in [0.5, 0.6) is 0 Å². The Morgan fingerprint density at radius 3 is 2.27 bits per heavy atom. The number of hydrogen-bond donors (Lipinski definition) is 1. The molecule has 0 aliphatic rings. The highest BCUT2D eigenvalue weighted by molar-refractivity contribution is 5.76. The second-order valence-electron chi connectivity index (χ2n) is 3.57. The molecule has 0 unspecified atom stereocenters. The highest BCUT2D eigenvalue weighted by atomic mass is 16.4. The number of unbranched alkanes of at least 4 members (excludes halogenated alkanes) is 1. The van der Waals surface area contributed by atoms with Crippen molar-refractivity contribution in [1.82, 2.24) is 4.90 Å². The Hall–Kier alpha value is -1.06. The first-order valence-electron chi connectivity index (χ1n) is 5.61. The number of carboxylic acids is 1. The van der Waals surface area contributed by atoms with Crippen LogP contribution in [-0.2, 0) is 9.59 Å². The van der Waals surface area contributed by atoms with E-state index in [1.807, 2.05) is 6.92 Å². The third-order valence-electron chi connectivity index (χ3n) is 2.30. The molecular weight excluding hydrogens is 194 g/mol. The molecule has 0 atom stereocenters. The van der Waals surface area contributed by atoms with Crippen molar-refractivity contribution in [3.63, 3.8) is 0 Å². The summed E-state index contributed by atoms with van der Waals surface area (Å²) in [5, 5.41) is 8.44. The van der Waals surface area contributed by atoms with E-state index in [0.29, 0.717) is 19.4 Å². The fourth-order valence-corrected chi connectivity index (χ4v) is 1.36. The summed E-state index contributed by atoms with van der Waals surface area (Å²) in [6.45, 7) is 5.54. The molecule has 88 valence electrons. The molecule has 0 aliphatic carbocycles. The zero-order valence-corrected chi connectivity index (χ0v) is 9.66. The number of amides is 1. The first-order chi connectivity index (χ1) is 7.11. The summed E-state index contributed by atoms with van der Waals surface area (Å²) in [7, 11) is 0. The average molecular weight is 215 g/mol. The lowest BCUT2D eigenvalue weighted by molar-refractivity contribution is -0.137. The van der Waals surface area contributed by atoms with Gasteiger partial charge in [0, 0.05) is 25.9 Å². The van der Waals surface area contributed by atoms with E-state index in [0.717, 1.165) is 19.4 Å². The Kier molecular flexibility index (Phi) is 7.68.